The number of rotatable bonds is 6. The Bertz CT molecular complexity index is 391. The van der Waals surface area contributed by atoms with Crippen molar-refractivity contribution in [3.63, 3.8) is 0 Å². The Hall–Kier alpha value is -1.10. The second-order valence-electron chi connectivity index (χ2n) is 4.94. The number of hydrazine groups is 1. The van der Waals surface area contributed by atoms with Crippen LogP contribution in [0.15, 0.2) is 12.1 Å². The molecule has 0 amide bonds. The molecular weight excluding hydrogens is 226 g/mol. The van der Waals surface area contributed by atoms with Gasteiger partial charge in [-0.3, -0.25) is 11.3 Å². The lowest BCUT2D eigenvalue weighted by molar-refractivity contribution is 0.351. The standard InChI is InChI=1S/C14H25N3O/c1-10-6-7-12(14(18-5)11(10)2)13(16-15)8-9-17(3)4/h6-7,13,16H,8-9,15H2,1-5H3. The predicted molar refractivity (Wildman–Crippen MR) is 75.7 cm³/mol. The van der Waals surface area contributed by atoms with E-state index in [2.05, 4.69) is 50.4 Å². The van der Waals surface area contributed by atoms with Crippen LogP contribution in [0.5, 0.6) is 5.75 Å². The third kappa shape index (κ3) is 3.45. The van der Waals surface area contributed by atoms with E-state index in [0.717, 1.165) is 24.3 Å². The van der Waals surface area contributed by atoms with Crippen LogP contribution in [0.1, 0.15) is 29.2 Å². The van der Waals surface area contributed by atoms with Gasteiger partial charge in [-0.05, 0) is 52.0 Å². The highest BCUT2D eigenvalue weighted by molar-refractivity contribution is 5.46. The van der Waals surface area contributed by atoms with E-state index in [0.29, 0.717) is 0 Å². The Balaban J connectivity index is 3.01. The first-order chi connectivity index (χ1) is 8.51. The fourth-order valence-electron chi connectivity index (χ4n) is 2.07. The van der Waals surface area contributed by atoms with Crippen molar-refractivity contribution in [3.8, 4) is 5.75 Å². The van der Waals surface area contributed by atoms with Gasteiger partial charge in [0.2, 0.25) is 0 Å². The van der Waals surface area contributed by atoms with Crippen molar-refractivity contribution in [1.29, 1.82) is 0 Å². The van der Waals surface area contributed by atoms with Gasteiger partial charge in [0.15, 0.2) is 0 Å². The highest BCUT2D eigenvalue weighted by atomic mass is 16.5. The van der Waals surface area contributed by atoms with Crippen LogP contribution in [0, 0.1) is 13.8 Å². The Morgan fingerprint density at radius 3 is 2.50 bits per heavy atom. The average molecular weight is 251 g/mol. The predicted octanol–water partition coefficient (Wildman–Crippen LogP) is 1.77. The van der Waals surface area contributed by atoms with Crippen molar-refractivity contribution >= 4 is 0 Å². The zero-order valence-electron chi connectivity index (χ0n) is 12.1. The van der Waals surface area contributed by atoms with E-state index >= 15 is 0 Å². The molecule has 0 radical (unpaired) electrons. The maximum absolute atomic E-state index is 5.68. The molecule has 0 aliphatic rings. The number of ether oxygens (including phenoxy) is 1. The minimum Gasteiger partial charge on any atom is -0.496 e. The molecule has 18 heavy (non-hydrogen) atoms. The number of methoxy groups -OCH3 is 1. The van der Waals surface area contributed by atoms with Crippen molar-refractivity contribution < 1.29 is 4.74 Å². The molecule has 0 bridgehead atoms. The van der Waals surface area contributed by atoms with Crippen molar-refractivity contribution in [3.05, 3.63) is 28.8 Å². The van der Waals surface area contributed by atoms with Crippen LogP contribution >= 0.6 is 0 Å². The van der Waals surface area contributed by atoms with Crippen LogP contribution < -0.4 is 16.0 Å². The third-order valence-electron chi connectivity index (χ3n) is 3.35. The summed E-state index contributed by atoms with van der Waals surface area (Å²) in [6, 6.07) is 4.33. The summed E-state index contributed by atoms with van der Waals surface area (Å²) in [4.78, 5) is 2.15. The van der Waals surface area contributed by atoms with Crippen LogP contribution in [0.3, 0.4) is 0 Å². The average Bonchev–Trinajstić information content (AvgIpc) is 2.34. The van der Waals surface area contributed by atoms with Crippen molar-refractivity contribution in [2.75, 3.05) is 27.7 Å². The lowest BCUT2D eigenvalue weighted by Gasteiger charge is -2.22. The number of nitrogens with two attached hydrogens (primary N) is 1. The lowest BCUT2D eigenvalue weighted by Crippen LogP contribution is -2.31. The largest absolute Gasteiger partial charge is 0.496 e. The van der Waals surface area contributed by atoms with Gasteiger partial charge in [-0.1, -0.05) is 12.1 Å². The molecule has 0 aliphatic carbocycles. The molecule has 1 atom stereocenters. The molecule has 0 fully saturated rings. The van der Waals surface area contributed by atoms with E-state index in [1.807, 2.05) is 0 Å². The molecule has 0 heterocycles. The topological polar surface area (TPSA) is 50.5 Å². The molecule has 0 saturated heterocycles. The van der Waals surface area contributed by atoms with Crippen LogP contribution in [0.4, 0.5) is 0 Å². The number of nitrogens with zero attached hydrogens (tertiary/aromatic N) is 1. The van der Waals surface area contributed by atoms with Crippen LogP contribution in [-0.2, 0) is 0 Å². The Morgan fingerprint density at radius 2 is 2.00 bits per heavy atom. The quantitative estimate of drug-likeness (QED) is 0.597. The fourth-order valence-corrected chi connectivity index (χ4v) is 2.07. The van der Waals surface area contributed by atoms with Gasteiger partial charge in [0.05, 0.1) is 13.2 Å². The Morgan fingerprint density at radius 1 is 1.33 bits per heavy atom. The molecule has 4 heteroatoms. The van der Waals surface area contributed by atoms with Crippen LogP contribution in [-0.4, -0.2) is 32.6 Å². The summed E-state index contributed by atoms with van der Waals surface area (Å²) < 4.78 is 5.54. The van der Waals surface area contributed by atoms with Gasteiger partial charge in [0.1, 0.15) is 5.75 Å². The lowest BCUT2D eigenvalue weighted by atomic mass is 9.97. The van der Waals surface area contributed by atoms with Gasteiger partial charge in [0.25, 0.3) is 0 Å². The first kappa shape index (κ1) is 15.0. The minimum atomic E-state index is 0.113. The van der Waals surface area contributed by atoms with E-state index in [1.54, 1.807) is 7.11 Å². The summed E-state index contributed by atoms with van der Waals surface area (Å²) in [5, 5.41) is 0. The molecule has 1 unspecified atom stereocenters. The van der Waals surface area contributed by atoms with E-state index in [1.165, 1.54) is 11.1 Å². The van der Waals surface area contributed by atoms with Crippen molar-refractivity contribution in [1.82, 2.24) is 10.3 Å². The summed E-state index contributed by atoms with van der Waals surface area (Å²) in [6.45, 7) is 5.15. The smallest absolute Gasteiger partial charge is 0.126 e. The summed E-state index contributed by atoms with van der Waals surface area (Å²) in [5.74, 6) is 6.62. The number of aryl methyl sites for hydroxylation is 1. The van der Waals surface area contributed by atoms with Gasteiger partial charge < -0.3 is 9.64 Å². The molecule has 0 aromatic heterocycles. The van der Waals surface area contributed by atoms with Gasteiger partial charge in [-0.25, -0.2) is 0 Å². The molecule has 0 saturated carbocycles. The molecule has 3 N–H and O–H groups in total. The summed E-state index contributed by atoms with van der Waals surface area (Å²) in [7, 11) is 5.83. The van der Waals surface area contributed by atoms with Crippen molar-refractivity contribution in [2.45, 2.75) is 26.3 Å². The minimum absolute atomic E-state index is 0.113. The molecule has 102 valence electrons. The highest BCUT2D eigenvalue weighted by Crippen LogP contribution is 2.31. The normalized spacial score (nSPS) is 12.8. The monoisotopic (exact) mass is 251 g/mol. The van der Waals surface area contributed by atoms with E-state index in [4.69, 9.17) is 10.6 Å². The molecule has 1 rings (SSSR count). The second kappa shape index (κ2) is 6.73. The molecular formula is C14H25N3O. The van der Waals surface area contributed by atoms with Crippen molar-refractivity contribution in [2.24, 2.45) is 5.84 Å². The highest BCUT2D eigenvalue weighted by Gasteiger charge is 2.17. The zero-order valence-corrected chi connectivity index (χ0v) is 12.1. The van der Waals surface area contributed by atoms with Gasteiger partial charge in [-0.15, -0.1) is 0 Å². The fraction of sp³-hybridized carbons (Fsp3) is 0.571. The third-order valence-corrected chi connectivity index (χ3v) is 3.35. The molecule has 4 nitrogen and oxygen atoms in total. The summed E-state index contributed by atoms with van der Waals surface area (Å²) in [5.41, 5.74) is 6.43. The van der Waals surface area contributed by atoms with E-state index in [9.17, 15) is 0 Å². The number of nitrogens with one attached hydrogen (secondary N) is 1. The summed E-state index contributed by atoms with van der Waals surface area (Å²) >= 11 is 0. The summed E-state index contributed by atoms with van der Waals surface area (Å²) in [6.07, 6.45) is 0.947. The molecule has 0 spiro atoms. The zero-order chi connectivity index (χ0) is 13.7. The second-order valence-corrected chi connectivity index (χ2v) is 4.94. The van der Waals surface area contributed by atoms with Gasteiger partial charge >= 0.3 is 0 Å². The number of benzene rings is 1. The Kier molecular flexibility index (Phi) is 5.59. The maximum Gasteiger partial charge on any atom is 0.126 e. The van der Waals surface area contributed by atoms with Crippen LogP contribution in [0.2, 0.25) is 0 Å². The van der Waals surface area contributed by atoms with Crippen LogP contribution in [0.25, 0.3) is 0 Å². The molecule has 1 aromatic carbocycles. The first-order valence-corrected chi connectivity index (χ1v) is 6.26. The number of hydrogen-bond donors (Lipinski definition) is 2. The van der Waals surface area contributed by atoms with E-state index < -0.39 is 0 Å². The first-order valence-electron chi connectivity index (χ1n) is 6.26. The maximum atomic E-state index is 5.68. The molecule has 1 aromatic rings. The van der Waals surface area contributed by atoms with Gasteiger partial charge in [0, 0.05) is 5.56 Å². The SMILES string of the molecule is COc1c(C(CCN(C)C)NN)ccc(C)c1C. The molecule has 0 aliphatic heterocycles. The van der Waals surface area contributed by atoms with Gasteiger partial charge in [-0.2, -0.15) is 0 Å². The van der Waals surface area contributed by atoms with E-state index in [-0.39, 0.29) is 6.04 Å². The Labute approximate surface area is 110 Å². The number of hydrogen-bond acceptors (Lipinski definition) is 4.